The van der Waals surface area contributed by atoms with Gasteiger partial charge in [-0.05, 0) is 118 Å². The second-order valence-electron chi connectivity index (χ2n) is 9.62. The summed E-state index contributed by atoms with van der Waals surface area (Å²) in [4.78, 5) is 0. The molecule has 0 rings (SSSR count). The van der Waals surface area contributed by atoms with Gasteiger partial charge in [0, 0.05) is 0 Å². The highest BCUT2D eigenvalue weighted by Gasteiger charge is 2.07. The summed E-state index contributed by atoms with van der Waals surface area (Å²) in [5, 5.41) is 10.4. The SMILES string of the molecule is C=C(CCC=C(C)CCC=C(C)C)C(O)CCC=C(C)CCC=C(C)CCC=C(C)C. The summed E-state index contributed by atoms with van der Waals surface area (Å²) >= 11 is 0. The summed E-state index contributed by atoms with van der Waals surface area (Å²) in [5.41, 5.74) is 8.08. The monoisotopic (exact) mass is 426 g/mol. The molecule has 0 radical (unpaired) electrons. The van der Waals surface area contributed by atoms with Gasteiger partial charge < -0.3 is 5.11 Å². The van der Waals surface area contributed by atoms with E-state index < -0.39 is 0 Å². The molecule has 0 aromatic heterocycles. The van der Waals surface area contributed by atoms with Crippen LogP contribution >= 0.6 is 0 Å². The third-order valence-electron chi connectivity index (χ3n) is 5.58. The van der Waals surface area contributed by atoms with Crippen molar-refractivity contribution in [1.29, 1.82) is 0 Å². The lowest BCUT2D eigenvalue weighted by atomic mass is 9.99. The maximum Gasteiger partial charge on any atom is 0.0750 e. The summed E-state index contributed by atoms with van der Waals surface area (Å²) in [7, 11) is 0. The summed E-state index contributed by atoms with van der Waals surface area (Å²) in [6.07, 6.45) is 21.5. The van der Waals surface area contributed by atoms with Crippen LogP contribution in [-0.4, -0.2) is 11.2 Å². The van der Waals surface area contributed by atoms with Gasteiger partial charge in [-0.3, -0.25) is 0 Å². The van der Waals surface area contributed by atoms with Crippen LogP contribution in [0.5, 0.6) is 0 Å². The predicted octanol–water partition coefficient (Wildman–Crippen LogP) is 9.58. The van der Waals surface area contributed by atoms with Crippen molar-refractivity contribution in [3.05, 3.63) is 70.4 Å². The van der Waals surface area contributed by atoms with E-state index in [0.29, 0.717) is 0 Å². The Bertz CT molecular complexity index is 659. The molecule has 0 aromatic carbocycles. The highest BCUT2D eigenvalue weighted by molar-refractivity contribution is 5.09. The van der Waals surface area contributed by atoms with Crippen LogP contribution < -0.4 is 0 Å². The Labute approximate surface area is 194 Å². The molecule has 0 aliphatic rings. The van der Waals surface area contributed by atoms with Crippen LogP contribution in [0.4, 0.5) is 0 Å². The summed E-state index contributed by atoms with van der Waals surface area (Å²) in [5.74, 6) is 0. The van der Waals surface area contributed by atoms with Gasteiger partial charge in [-0.2, -0.15) is 0 Å². The van der Waals surface area contributed by atoms with E-state index in [1.54, 1.807) is 0 Å². The number of aliphatic hydroxyl groups excluding tert-OH is 1. The Balaban J connectivity index is 4.11. The van der Waals surface area contributed by atoms with E-state index in [-0.39, 0.29) is 6.10 Å². The smallest absolute Gasteiger partial charge is 0.0750 e. The van der Waals surface area contributed by atoms with Crippen molar-refractivity contribution in [2.75, 3.05) is 0 Å². The Kier molecular flexibility index (Phi) is 17.1. The zero-order valence-electron chi connectivity index (χ0n) is 21.7. The number of aliphatic hydroxyl groups is 1. The molecule has 0 saturated carbocycles. The van der Waals surface area contributed by atoms with Crippen molar-refractivity contribution in [3.63, 3.8) is 0 Å². The van der Waals surface area contributed by atoms with Gasteiger partial charge in [0.25, 0.3) is 0 Å². The number of hydrogen-bond acceptors (Lipinski definition) is 1. The van der Waals surface area contributed by atoms with Crippen molar-refractivity contribution < 1.29 is 5.11 Å². The van der Waals surface area contributed by atoms with Gasteiger partial charge >= 0.3 is 0 Å². The highest BCUT2D eigenvalue weighted by Crippen LogP contribution is 2.17. The lowest BCUT2D eigenvalue weighted by Gasteiger charge is -2.12. The van der Waals surface area contributed by atoms with Gasteiger partial charge in [0.05, 0.1) is 6.10 Å². The molecular weight excluding hydrogens is 376 g/mol. The van der Waals surface area contributed by atoms with E-state index in [2.05, 4.69) is 85.4 Å². The van der Waals surface area contributed by atoms with Crippen molar-refractivity contribution in [2.45, 2.75) is 119 Å². The standard InChI is InChI=1S/C30H50O/c1-24(2)14-9-16-26(5)18-11-19-28(7)21-13-23-30(31)29(8)22-12-20-27(6)17-10-15-25(3)4/h14-15,18,20-21,30-31H,8-13,16-17,19,22-23H2,1-7H3. The van der Waals surface area contributed by atoms with Gasteiger partial charge in [-0.1, -0.05) is 64.8 Å². The van der Waals surface area contributed by atoms with Crippen molar-refractivity contribution in [3.8, 4) is 0 Å². The second-order valence-corrected chi connectivity index (χ2v) is 9.62. The molecule has 0 saturated heterocycles. The zero-order chi connectivity index (χ0) is 23.6. The molecular formula is C30H50O. The third kappa shape index (κ3) is 18.9. The molecule has 0 spiro atoms. The van der Waals surface area contributed by atoms with Crippen LogP contribution in [0.25, 0.3) is 0 Å². The number of allylic oxidation sites excluding steroid dienone is 10. The van der Waals surface area contributed by atoms with E-state index in [1.807, 2.05) is 0 Å². The fourth-order valence-electron chi connectivity index (χ4n) is 3.39. The highest BCUT2D eigenvalue weighted by atomic mass is 16.3. The molecule has 1 N–H and O–H groups in total. The van der Waals surface area contributed by atoms with Gasteiger partial charge in [0.2, 0.25) is 0 Å². The lowest BCUT2D eigenvalue weighted by molar-refractivity contribution is 0.198. The lowest BCUT2D eigenvalue weighted by Crippen LogP contribution is -2.08. The van der Waals surface area contributed by atoms with Gasteiger partial charge in [0.1, 0.15) is 0 Å². The van der Waals surface area contributed by atoms with Crippen LogP contribution in [0.2, 0.25) is 0 Å². The van der Waals surface area contributed by atoms with Gasteiger partial charge in [0.15, 0.2) is 0 Å². The molecule has 1 heteroatoms. The molecule has 0 aromatic rings. The van der Waals surface area contributed by atoms with E-state index >= 15 is 0 Å². The molecule has 0 amide bonds. The molecule has 1 unspecified atom stereocenters. The van der Waals surface area contributed by atoms with Crippen LogP contribution in [0.3, 0.4) is 0 Å². The average Bonchev–Trinajstić information content (AvgIpc) is 2.67. The van der Waals surface area contributed by atoms with E-state index in [1.165, 1.54) is 27.9 Å². The van der Waals surface area contributed by atoms with Crippen LogP contribution in [0.1, 0.15) is 113 Å². The molecule has 0 fully saturated rings. The van der Waals surface area contributed by atoms with E-state index in [0.717, 1.165) is 69.8 Å². The van der Waals surface area contributed by atoms with Crippen LogP contribution in [0, 0.1) is 0 Å². The van der Waals surface area contributed by atoms with Crippen molar-refractivity contribution in [1.82, 2.24) is 0 Å². The topological polar surface area (TPSA) is 20.2 Å². The minimum absolute atomic E-state index is 0.388. The molecule has 31 heavy (non-hydrogen) atoms. The predicted molar refractivity (Wildman–Crippen MR) is 141 cm³/mol. The first-order chi connectivity index (χ1) is 14.6. The molecule has 0 aliphatic carbocycles. The Morgan fingerprint density at radius 1 is 0.581 bits per heavy atom. The first-order valence-corrected chi connectivity index (χ1v) is 12.2. The van der Waals surface area contributed by atoms with Gasteiger partial charge in [-0.25, -0.2) is 0 Å². The summed E-state index contributed by atoms with van der Waals surface area (Å²) in [6.45, 7) is 19.4. The summed E-state index contributed by atoms with van der Waals surface area (Å²) in [6, 6.07) is 0. The molecule has 1 nitrogen and oxygen atoms in total. The molecule has 0 aliphatic heterocycles. The fraction of sp³-hybridized carbons (Fsp3) is 0.600. The molecule has 0 bridgehead atoms. The minimum atomic E-state index is -0.388. The second kappa shape index (κ2) is 18.0. The fourth-order valence-corrected chi connectivity index (χ4v) is 3.39. The first-order valence-electron chi connectivity index (χ1n) is 12.2. The Hall–Kier alpha value is -1.60. The largest absolute Gasteiger partial charge is 0.389 e. The Morgan fingerprint density at radius 3 is 1.35 bits per heavy atom. The maximum absolute atomic E-state index is 10.4. The maximum atomic E-state index is 10.4. The molecule has 1 atom stereocenters. The van der Waals surface area contributed by atoms with Crippen molar-refractivity contribution >= 4 is 0 Å². The summed E-state index contributed by atoms with van der Waals surface area (Å²) < 4.78 is 0. The molecule has 0 heterocycles. The first kappa shape index (κ1) is 29.4. The quantitative estimate of drug-likeness (QED) is 0.243. The Morgan fingerprint density at radius 2 is 0.935 bits per heavy atom. The van der Waals surface area contributed by atoms with Crippen LogP contribution in [-0.2, 0) is 0 Å². The number of hydrogen-bond donors (Lipinski definition) is 1. The van der Waals surface area contributed by atoms with Gasteiger partial charge in [-0.15, -0.1) is 0 Å². The van der Waals surface area contributed by atoms with Crippen LogP contribution in [0.15, 0.2) is 70.4 Å². The van der Waals surface area contributed by atoms with E-state index in [9.17, 15) is 5.11 Å². The molecule has 176 valence electrons. The normalized spacial score (nSPS) is 13.7. The number of rotatable bonds is 16. The third-order valence-corrected chi connectivity index (χ3v) is 5.58. The minimum Gasteiger partial charge on any atom is -0.389 e. The zero-order valence-corrected chi connectivity index (χ0v) is 21.7. The van der Waals surface area contributed by atoms with E-state index in [4.69, 9.17) is 0 Å². The average molecular weight is 427 g/mol. The van der Waals surface area contributed by atoms with Crippen molar-refractivity contribution in [2.24, 2.45) is 0 Å².